The molecule has 1 heterocycles. The first-order valence-electron chi connectivity index (χ1n) is 7.27. The Labute approximate surface area is 135 Å². The summed E-state index contributed by atoms with van der Waals surface area (Å²) in [5.74, 6) is 1.51. The molecule has 1 fully saturated rings. The zero-order chi connectivity index (χ0) is 15.6. The summed E-state index contributed by atoms with van der Waals surface area (Å²) in [6.45, 7) is 0.643. The average Bonchev–Trinajstić information content (AvgIpc) is 3.35. The fourth-order valence-corrected chi connectivity index (χ4v) is 2.55. The Morgan fingerprint density at radius 2 is 2.09 bits per heavy atom. The largest absolute Gasteiger partial charge is 0.497 e. The monoisotopic (exact) mass is 318 g/mol. The molecule has 22 heavy (non-hydrogen) atoms. The Morgan fingerprint density at radius 1 is 1.27 bits per heavy atom. The van der Waals surface area contributed by atoms with Crippen LogP contribution in [0.1, 0.15) is 12.8 Å². The Morgan fingerprint density at radius 3 is 2.77 bits per heavy atom. The molecule has 5 heteroatoms. The van der Waals surface area contributed by atoms with Crippen LogP contribution in [0.15, 0.2) is 36.5 Å². The Bertz CT molecular complexity index is 671. The van der Waals surface area contributed by atoms with E-state index in [1.165, 1.54) is 0 Å². The van der Waals surface area contributed by atoms with E-state index < -0.39 is 0 Å². The van der Waals surface area contributed by atoms with Gasteiger partial charge in [0.1, 0.15) is 23.3 Å². The van der Waals surface area contributed by atoms with E-state index >= 15 is 0 Å². The highest BCUT2D eigenvalue weighted by Gasteiger charge is 2.41. The SMILES string of the molecule is CNC1(COc2cnc(Cl)c(-c3cccc(OC)c3)c2)CC1. The molecule has 0 radical (unpaired) electrons. The zero-order valence-corrected chi connectivity index (χ0v) is 13.5. The van der Waals surface area contributed by atoms with Gasteiger partial charge in [-0.15, -0.1) is 0 Å². The Hall–Kier alpha value is -1.78. The second-order valence-corrected chi connectivity index (χ2v) is 5.92. The third-order valence-electron chi connectivity index (χ3n) is 4.09. The molecule has 1 aromatic carbocycles. The molecule has 0 saturated heterocycles. The fraction of sp³-hybridized carbons (Fsp3) is 0.353. The van der Waals surface area contributed by atoms with Crippen LogP contribution in [0.4, 0.5) is 0 Å². The van der Waals surface area contributed by atoms with Crippen LogP contribution in [0.25, 0.3) is 11.1 Å². The van der Waals surface area contributed by atoms with Gasteiger partial charge >= 0.3 is 0 Å². The van der Waals surface area contributed by atoms with Crippen molar-refractivity contribution in [3.8, 4) is 22.6 Å². The van der Waals surface area contributed by atoms with E-state index in [-0.39, 0.29) is 5.54 Å². The molecule has 1 saturated carbocycles. The van der Waals surface area contributed by atoms with Crippen LogP contribution >= 0.6 is 11.6 Å². The molecule has 0 aliphatic heterocycles. The van der Waals surface area contributed by atoms with Crippen LogP contribution in [0.5, 0.6) is 11.5 Å². The number of likely N-dealkylation sites (N-methyl/N-ethyl adjacent to an activating group) is 1. The molecule has 1 N–H and O–H groups in total. The van der Waals surface area contributed by atoms with Crippen LogP contribution in [0.3, 0.4) is 0 Å². The molecule has 0 amide bonds. The summed E-state index contributed by atoms with van der Waals surface area (Å²) in [7, 11) is 3.61. The first kappa shape index (κ1) is 15.1. The molecular formula is C17H19ClN2O2. The van der Waals surface area contributed by atoms with Gasteiger partial charge in [-0.3, -0.25) is 0 Å². The number of nitrogens with one attached hydrogen (secondary N) is 1. The molecule has 0 bridgehead atoms. The summed E-state index contributed by atoms with van der Waals surface area (Å²) >= 11 is 6.24. The number of pyridine rings is 1. The number of nitrogens with zero attached hydrogens (tertiary/aromatic N) is 1. The Balaban J connectivity index is 1.83. The van der Waals surface area contributed by atoms with Crippen LogP contribution < -0.4 is 14.8 Å². The van der Waals surface area contributed by atoms with Crippen molar-refractivity contribution in [3.63, 3.8) is 0 Å². The van der Waals surface area contributed by atoms with E-state index in [2.05, 4.69) is 10.3 Å². The normalized spacial score (nSPS) is 15.4. The standard InChI is InChI=1S/C17H19ClN2O2/c1-19-17(6-7-17)11-22-14-9-15(16(18)20-10-14)12-4-3-5-13(8-12)21-2/h3-5,8-10,19H,6-7,11H2,1-2H3. The van der Waals surface area contributed by atoms with Crippen LogP contribution in [-0.2, 0) is 0 Å². The quantitative estimate of drug-likeness (QED) is 0.827. The number of aromatic nitrogens is 1. The highest BCUT2D eigenvalue weighted by atomic mass is 35.5. The van der Waals surface area contributed by atoms with Gasteiger partial charge in [0, 0.05) is 5.56 Å². The number of methoxy groups -OCH3 is 1. The van der Waals surface area contributed by atoms with Gasteiger partial charge in [0.15, 0.2) is 0 Å². The van der Waals surface area contributed by atoms with Crippen molar-refractivity contribution in [2.75, 3.05) is 20.8 Å². The first-order chi connectivity index (χ1) is 10.7. The lowest BCUT2D eigenvalue weighted by Crippen LogP contribution is -2.33. The van der Waals surface area contributed by atoms with Gasteiger partial charge < -0.3 is 14.8 Å². The predicted molar refractivity (Wildman–Crippen MR) is 87.8 cm³/mol. The number of halogens is 1. The summed E-state index contributed by atoms with van der Waals surface area (Å²) < 4.78 is 11.1. The lowest BCUT2D eigenvalue weighted by molar-refractivity contribution is 0.259. The van der Waals surface area contributed by atoms with Crippen molar-refractivity contribution < 1.29 is 9.47 Å². The molecular weight excluding hydrogens is 300 g/mol. The molecule has 3 rings (SSSR count). The van der Waals surface area contributed by atoms with Crippen molar-refractivity contribution in [2.24, 2.45) is 0 Å². The van der Waals surface area contributed by atoms with E-state index in [9.17, 15) is 0 Å². The number of ether oxygens (including phenoxy) is 2. The number of benzene rings is 1. The van der Waals surface area contributed by atoms with E-state index in [1.807, 2.05) is 37.4 Å². The second kappa shape index (κ2) is 6.15. The van der Waals surface area contributed by atoms with Crippen LogP contribution in [0, 0.1) is 0 Å². The van der Waals surface area contributed by atoms with Crippen molar-refractivity contribution >= 4 is 11.6 Å². The molecule has 0 atom stereocenters. The lowest BCUT2D eigenvalue weighted by atomic mass is 10.1. The molecule has 0 spiro atoms. The Kier molecular flexibility index (Phi) is 4.23. The van der Waals surface area contributed by atoms with E-state index in [0.29, 0.717) is 11.8 Å². The van der Waals surface area contributed by atoms with Gasteiger partial charge in [0.2, 0.25) is 0 Å². The highest BCUT2D eigenvalue weighted by Crippen LogP contribution is 2.36. The molecule has 1 aromatic heterocycles. The summed E-state index contributed by atoms with van der Waals surface area (Å²) in [4.78, 5) is 4.24. The smallest absolute Gasteiger partial charge is 0.138 e. The minimum Gasteiger partial charge on any atom is -0.497 e. The average molecular weight is 319 g/mol. The topological polar surface area (TPSA) is 43.4 Å². The number of hydrogen-bond acceptors (Lipinski definition) is 4. The number of hydrogen-bond donors (Lipinski definition) is 1. The van der Waals surface area contributed by atoms with Crippen molar-refractivity contribution in [2.45, 2.75) is 18.4 Å². The second-order valence-electron chi connectivity index (χ2n) is 5.56. The summed E-state index contributed by atoms with van der Waals surface area (Å²) in [5, 5.41) is 3.76. The van der Waals surface area contributed by atoms with Gasteiger partial charge in [0.05, 0.1) is 18.8 Å². The molecule has 0 unspecified atom stereocenters. The number of rotatable bonds is 6. The minimum atomic E-state index is 0.135. The van der Waals surface area contributed by atoms with Gasteiger partial charge in [0.25, 0.3) is 0 Å². The fourth-order valence-electron chi connectivity index (χ4n) is 2.34. The van der Waals surface area contributed by atoms with Crippen molar-refractivity contribution in [1.29, 1.82) is 0 Å². The van der Waals surface area contributed by atoms with Gasteiger partial charge in [-0.1, -0.05) is 23.7 Å². The zero-order valence-electron chi connectivity index (χ0n) is 12.7. The van der Waals surface area contributed by atoms with Crippen LogP contribution in [0.2, 0.25) is 5.15 Å². The molecule has 4 nitrogen and oxygen atoms in total. The minimum absolute atomic E-state index is 0.135. The first-order valence-corrected chi connectivity index (χ1v) is 7.65. The predicted octanol–water partition coefficient (Wildman–Crippen LogP) is 3.54. The molecule has 1 aliphatic rings. The lowest BCUT2D eigenvalue weighted by Gasteiger charge is -2.16. The van der Waals surface area contributed by atoms with E-state index in [0.717, 1.165) is 35.5 Å². The van der Waals surface area contributed by atoms with Gasteiger partial charge in [-0.2, -0.15) is 0 Å². The third-order valence-corrected chi connectivity index (χ3v) is 4.39. The van der Waals surface area contributed by atoms with Gasteiger partial charge in [-0.05, 0) is 43.7 Å². The maximum absolute atomic E-state index is 6.24. The van der Waals surface area contributed by atoms with Crippen LogP contribution in [-0.4, -0.2) is 31.3 Å². The summed E-state index contributed by atoms with van der Waals surface area (Å²) in [5.41, 5.74) is 1.93. The van der Waals surface area contributed by atoms with Gasteiger partial charge in [-0.25, -0.2) is 4.98 Å². The molecule has 116 valence electrons. The maximum Gasteiger partial charge on any atom is 0.138 e. The molecule has 2 aromatic rings. The van der Waals surface area contributed by atoms with E-state index in [1.54, 1.807) is 13.3 Å². The molecule has 1 aliphatic carbocycles. The maximum atomic E-state index is 6.24. The van der Waals surface area contributed by atoms with Crippen molar-refractivity contribution in [1.82, 2.24) is 10.3 Å². The summed E-state index contributed by atoms with van der Waals surface area (Å²) in [6, 6.07) is 9.66. The highest BCUT2D eigenvalue weighted by molar-refractivity contribution is 6.32. The van der Waals surface area contributed by atoms with Crippen molar-refractivity contribution in [3.05, 3.63) is 41.7 Å². The van der Waals surface area contributed by atoms with E-state index in [4.69, 9.17) is 21.1 Å². The third kappa shape index (κ3) is 3.18. The summed E-state index contributed by atoms with van der Waals surface area (Å²) in [6.07, 6.45) is 3.96.